The van der Waals surface area contributed by atoms with Gasteiger partial charge in [0.1, 0.15) is 0 Å². The van der Waals surface area contributed by atoms with Crippen LogP contribution in [0, 0.1) is 5.21 Å². The molecule has 0 spiro atoms. The molecule has 0 aliphatic carbocycles. The normalized spacial score (nSPS) is 16.8. The Hall–Kier alpha value is -1.35. The van der Waals surface area contributed by atoms with Crippen molar-refractivity contribution in [1.82, 2.24) is 5.32 Å². The summed E-state index contributed by atoms with van der Waals surface area (Å²) in [6.07, 6.45) is 4.55. The molecule has 0 bridgehead atoms. The van der Waals surface area contributed by atoms with Crippen LogP contribution in [0.3, 0.4) is 0 Å². The molecule has 0 saturated carbocycles. The van der Waals surface area contributed by atoms with Crippen molar-refractivity contribution in [2.75, 3.05) is 13.1 Å². The van der Waals surface area contributed by atoms with Crippen LogP contribution in [0.1, 0.15) is 12.1 Å². The summed E-state index contributed by atoms with van der Waals surface area (Å²) < 4.78 is 0.928. The predicted octanol–water partition coefficient (Wildman–Crippen LogP) is 0.697. The van der Waals surface area contributed by atoms with Gasteiger partial charge in [0, 0.05) is 24.3 Å². The summed E-state index contributed by atoms with van der Waals surface area (Å²) in [5, 5.41) is 14.6. The van der Waals surface area contributed by atoms with E-state index in [0.717, 1.165) is 35.5 Å². The smallest absolute Gasteiger partial charge is 0.219 e. The Bertz CT molecular complexity index is 333. The monoisotopic (exact) mass is 176 g/mol. The summed E-state index contributed by atoms with van der Waals surface area (Å²) in [5.74, 6) is 0. The average Bonchev–Trinajstić information content (AvgIpc) is 2.20. The lowest BCUT2D eigenvalue weighted by molar-refractivity contribution is -0.608. The van der Waals surface area contributed by atoms with Crippen molar-refractivity contribution in [1.29, 1.82) is 0 Å². The molecule has 1 N–H and O–H groups in total. The van der Waals surface area contributed by atoms with Crippen LogP contribution in [0.15, 0.2) is 30.5 Å². The first-order chi connectivity index (χ1) is 6.38. The number of aromatic nitrogens is 1. The summed E-state index contributed by atoms with van der Waals surface area (Å²) >= 11 is 0. The van der Waals surface area contributed by atoms with Gasteiger partial charge in [-0.05, 0) is 19.0 Å². The fraction of sp³-hybridized carbons (Fsp3) is 0.300. The highest BCUT2D eigenvalue weighted by Crippen LogP contribution is 2.15. The zero-order valence-corrected chi connectivity index (χ0v) is 7.36. The molecule has 2 rings (SSSR count). The highest BCUT2D eigenvalue weighted by Gasteiger charge is 2.12. The van der Waals surface area contributed by atoms with E-state index < -0.39 is 0 Å². The number of nitrogens with zero attached hydrogens (tertiary/aromatic N) is 1. The molecule has 1 aliphatic heterocycles. The Balaban J connectivity index is 2.34. The first kappa shape index (κ1) is 8.26. The first-order valence-corrected chi connectivity index (χ1v) is 4.46. The zero-order valence-electron chi connectivity index (χ0n) is 7.36. The number of hydrogen-bond donors (Lipinski definition) is 1. The summed E-state index contributed by atoms with van der Waals surface area (Å²) in [6, 6.07) is 5.51. The molecule has 1 aromatic rings. The molecule has 1 aliphatic rings. The Morgan fingerprint density at radius 2 is 2.31 bits per heavy atom. The van der Waals surface area contributed by atoms with E-state index in [1.807, 2.05) is 12.1 Å². The van der Waals surface area contributed by atoms with Gasteiger partial charge in [0.15, 0.2) is 6.20 Å². The van der Waals surface area contributed by atoms with Gasteiger partial charge >= 0.3 is 0 Å². The molecular formula is C10H12N2O. The summed E-state index contributed by atoms with van der Waals surface area (Å²) in [4.78, 5) is 0. The Kier molecular flexibility index (Phi) is 2.27. The molecule has 0 radical (unpaired) electrons. The minimum atomic E-state index is 0.781. The second-order valence-corrected chi connectivity index (χ2v) is 3.10. The van der Waals surface area contributed by atoms with Crippen molar-refractivity contribution < 1.29 is 4.73 Å². The fourth-order valence-corrected chi connectivity index (χ4v) is 1.53. The van der Waals surface area contributed by atoms with Crippen LogP contribution in [-0.2, 0) is 0 Å². The van der Waals surface area contributed by atoms with Gasteiger partial charge in [-0.15, -0.1) is 0 Å². The summed E-state index contributed by atoms with van der Waals surface area (Å²) in [7, 11) is 0. The first-order valence-electron chi connectivity index (χ1n) is 4.46. The van der Waals surface area contributed by atoms with E-state index in [2.05, 4.69) is 11.4 Å². The highest BCUT2D eigenvalue weighted by molar-refractivity contribution is 5.61. The van der Waals surface area contributed by atoms with Crippen LogP contribution in [-0.4, -0.2) is 13.1 Å². The SMILES string of the molecule is [O-][n+]1ccccc1C1=CCNCC1. The molecule has 1 aromatic heterocycles. The van der Waals surface area contributed by atoms with Crippen molar-refractivity contribution >= 4 is 5.57 Å². The van der Waals surface area contributed by atoms with Gasteiger partial charge in [-0.1, -0.05) is 6.08 Å². The maximum Gasteiger partial charge on any atom is 0.219 e. The van der Waals surface area contributed by atoms with Crippen molar-refractivity contribution in [3.8, 4) is 0 Å². The number of nitrogens with one attached hydrogen (secondary N) is 1. The molecule has 68 valence electrons. The third-order valence-corrected chi connectivity index (χ3v) is 2.22. The van der Waals surface area contributed by atoms with Gasteiger partial charge in [-0.2, -0.15) is 4.73 Å². The summed E-state index contributed by atoms with van der Waals surface area (Å²) in [6.45, 7) is 1.82. The average molecular weight is 176 g/mol. The third-order valence-electron chi connectivity index (χ3n) is 2.22. The Morgan fingerprint density at radius 1 is 1.38 bits per heavy atom. The van der Waals surface area contributed by atoms with Gasteiger partial charge in [0.25, 0.3) is 0 Å². The van der Waals surface area contributed by atoms with Crippen molar-refractivity contribution in [3.63, 3.8) is 0 Å². The molecule has 13 heavy (non-hydrogen) atoms. The van der Waals surface area contributed by atoms with Gasteiger partial charge in [-0.25, -0.2) is 0 Å². The van der Waals surface area contributed by atoms with E-state index >= 15 is 0 Å². The lowest BCUT2D eigenvalue weighted by atomic mass is 10.1. The van der Waals surface area contributed by atoms with E-state index in [1.54, 1.807) is 6.07 Å². The van der Waals surface area contributed by atoms with Crippen LogP contribution in [0.2, 0.25) is 0 Å². The van der Waals surface area contributed by atoms with Crippen LogP contribution in [0.4, 0.5) is 0 Å². The van der Waals surface area contributed by atoms with E-state index in [0.29, 0.717) is 0 Å². The van der Waals surface area contributed by atoms with Gasteiger partial charge in [0.05, 0.1) is 0 Å². The van der Waals surface area contributed by atoms with E-state index in [-0.39, 0.29) is 0 Å². The molecular weight excluding hydrogens is 164 g/mol. The van der Waals surface area contributed by atoms with E-state index in [1.165, 1.54) is 6.20 Å². The summed E-state index contributed by atoms with van der Waals surface area (Å²) in [5.41, 5.74) is 1.93. The molecule has 0 amide bonds. The van der Waals surface area contributed by atoms with E-state index in [9.17, 15) is 5.21 Å². The minimum Gasteiger partial charge on any atom is -0.618 e. The quantitative estimate of drug-likeness (QED) is 0.505. The Labute approximate surface area is 77.3 Å². The highest BCUT2D eigenvalue weighted by atomic mass is 16.5. The van der Waals surface area contributed by atoms with Crippen LogP contribution in [0.5, 0.6) is 0 Å². The topological polar surface area (TPSA) is 39.0 Å². The van der Waals surface area contributed by atoms with Gasteiger partial charge in [0.2, 0.25) is 5.69 Å². The number of rotatable bonds is 1. The standard InChI is InChI=1S/C10H12N2O/c13-12-8-2-1-3-10(12)9-4-6-11-7-5-9/h1-4,8,11H,5-7H2. The molecule has 0 atom stereocenters. The molecule has 3 heteroatoms. The second kappa shape index (κ2) is 3.58. The molecule has 3 nitrogen and oxygen atoms in total. The molecule has 0 aromatic carbocycles. The van der Waals surface area contributed by atoms with Crippen molar-refractivity contribution in [3.05, 3.63) is 41.4 Å². The largest absolute Gasteiger partial charge is 0.618 e. The van der Waals surface area contributed by atoms with Crippen molar-refractivity contribution in [2.45, 2.75) is 6.42 Å². The number of pyridine rings is 1. The fourth-order valence-electron chi connectivity index (χ4n) is 1.53. The Morgan fingerprint density at radius 3 is 3.00 bits per heavy atom. The predicted molar refractivity (Wildman–Crippen MR) is 50.9 cm³/mol. The molecule has 0 fully saturated rings. The minimum absolute atomic E-state index is 0.781. The lowest BCUT2D eigenvalue weighted by Gasteiger charge is -2.12. The van der Waals surface area contributed by atoms with Crippen LogP contribution in [0.25, 0.3) is 5.57 Å². The van der Waals surface area contributed by atoms with Gasteiger partial charge in [-0.3, -0.25) is 0 Å². The maximum atomic E-state index is 11.4. The second-order valence-electron chi connectivity index (χ2n) is 3.10. The molecule has 0 unspecified atom stereocenters. The van der Waals surface area contributed by atoms with Crippen LogP contribution < -0.4 is 10.0 Å². The number of hydrogen-bond acceptors (Lipinski definition) is 2. The molecule has 0 saturated heterocycles. The molecule has 2 heterocycles. The lowest BCUT2D eigenvalue weighted by Crippen LogP contribution is -2.32. The third kappa shape index (κ3) is 1.70. The van der Waals surface area contributed by atoms with Crippen LogP contribution >= 0.6 is 0 Å². The van der Waals surface area contributed by atoms with Gasteiger partial charge < -0.3 is 10.5 Å². The zero-order chi connectivity index (χ0) is 9.10. The maximum absolute atomic E-state index is 11.4. The van der Waals surface area contributed by atoms with Crippen molar-refractivity contribution in [2.24, 2.45) is 0 Å². The van der Waals surface area contributed by atoms with E-state index in [4.69, 9.17) is 0 Å².